The number of aliphatic hydroxyl groups excluding tert-OH is 1. The van der Waals surface area contributed by atoms with Crippen LogP contribution in [0.5, 0.6) is 0 Å². The number of carbonyl (C=O) groups excluding carboxylic acids is 1. The maximum absolute atomic E-state index is 12.4. The van der Waals surface area contributed by atoms with Crippen molar-refractivity contribution in [1.29, 1.82) is 0 Å². The predicted molar refractivity (Wildman–Crippen MR) is 105 cm³/mol. The number of aromatic nitrogens is 2. The zero-order valence-electron chi connectivity index (χ0n) is 16.9. The minimum absolute atomic E-state index is 0.192. The van der Waals surface area contributed by atoms with E-state index in [1.807, 2.05) is 0 Å². The summed E-state index contributed by atoms with van der Waals surface area (Å²) in [5.74, 6) is 0.144. The third-order valence-electron chi connectivity index (χ3n) is 6.70. The fourth-order valence-corrected chi connectivity index (χ4v) is 5.22. The van der Waals surface area contributed by atoms with Gasteiger partial charge >= 0.3 is 6.36 Å². The van der Waals surface area contributed by atoms with Crippen LogP contribution in [-0.4, -0.2) is 45.3 Å². The van der Waals surface area contributed by atoms with Crippen molar-refractivity contribution in [2.24, 2.45) is 0 Å². The number of rotatable bonds is 7. The summed E-state index contributed by atoms with van der Waals surface area (Å²) >= 11 is 5.85. The number of nitrogens with one attached hydrogen (secondary N) is 1. The first-order chi connectivity index (χ1) is 15.0. The van der Waals surface area contributed by atoms with Crippen molar-refractivity contribution < 1.29 is 32.2 Å². The quantitative estimate of drug-likeness (QED) is 0.642. The lowest BCUT2D eigenvalue weighted by atomic mass is 9.39. The van der Waals surface area contributed by atoms with Crippen LogP contribution >= 0.6 is 11.6 Å². The molecule has 11 heteroatoms. The van der Waals surface area contributed by atoms with Gasteiger partial charge in [0, 0.05) is 22.9 Å². The van der Waals surface area contributed by atoms with Crippen LogP contribution in [0.15, 0.2) is 28.7 Å². The average molecular weight is 472 g/mol. The van der Waals surface area contributed by atoms with Gasteiger partial charge in [0.15, 0.2) is 0 Å². The van der Waals surface area contributed by atoms with E-state index < -0.39 is 24.5 Å². The maximum atomic E-state index is 12.4. The van der Waals surface area contributed by atoms with Crippen LogP contribution in [0, 0.1) is 0 Å². The number of ether oxygens (including phenoxy) is 1. The van der Waals surface area contributed by atoms with Gasteiger partial charge in [0.25, 0.3) is 0 Å². The largest absolute Gasteiger partial charge is 0.522 e. The Morgan fingerprint density at radius 1 is 1.25 bits per heavy atom. The smallest absolute Gasteiger partial charge is 0.424 e. The zero-order valence-corrected chi connectivity index (χ0v) is 17.6. The molecule has 4 aliphatic rings. The topological polar surface area (TPSA) is 97.5 Å². The van der Waals surface area contributed by atoms with Crippen molar-refractivity contribution in [3.05, 3.63) is 46.6 Å². The molecule has 0 unspecified atom stereocenters. The van der Waals surface area contributed by atoms with Crippen LogP contribution < -0.4 is 5.32 Å². The predicted octanol–water partition coefficient (Wildman–Crippen LogP) is 3.40. The summed E-state index contributed by atoms with van der Waals surface area (Å²) in [4.78, 5) is 12.4. The van der Waals surface area contributed by atoms with E-state index in [1.54, 1.807) is 24.3 Å². The number of aliphatic hydroxyl groups is 1. The number of halogens is 4. The van der Waals surface area contributed by atoms with Gasteiger partial charge in [0.05, 0.1) is 11.5 Å². The van der Waals surface area contributed by atoms with Crippen LogP contribution in [0.1, 0.15) is 55.4 Å². The average Bonchev–Trinajstić information content (AvgIpc) is 3.09. The number of alkyl halides is 3. The number of amides is 1. The number of nitrogens with zero attached hydrogens (tertiary/aromatic N) is 2. The highest BCUT2D eigenvalue weighted by atomic mass is 35.5. The summed E-state index contributed by atoms with van der Waals surface area (Å²) < 4.78 is 46.5. The lowest BCUT2D eigenvalue weighted by Crippen LogP contribution is -2.77. The Bertz CT molecular complexity index is 1000. The molecule has 4 fully saturated rings. The Morgan fingerprint density at radius 2 is 1.91 bits per heavy atom. The second kappa shape index (κ2) is 7.43. The molecule has 0 saturated heterocycles. The molecule has 0 radical (unpaired) electrons. The number of benzene rings is 1. The second-order valence-electron chi connectivity index (χ2n) is 9.23. The van der Waals surface area contributed by atoms with Crippen molar-refractivity contribution in [1.82, 2.24) is 15.5 Å². The molecule has 4 saturated carbocycles. The van der Waals surface area contributed by atoms with E-state index in [1.165, 1.54) is 0 Å². The van der Waals surface area contributed by atoms with E-state index >= 15 is 0 Å². The molecule has 2 bridgehead atoms. The molecule has 1 amide bonds. The highest BCUT2D eigenvalue weighted by Gasteiger charge is 2.72. The molecule has 7 nitrogen and oxygen atoms in total. The molecule has 6 rings (SSSR count). The third kappa shape index (κ3) is 3.99. The van der Waals surface area contributed by atoms with Gasteiger partial charge in [-0.1, -0.05) is 23.7 Å². The monoisotopic (exact) mass is 471 g/mol. The van der Waals surface area contributed by atoms with Crippen LogP contribution in [0.4, 0.5) is 13.2 Å². The first-order valence-electron chi connectivity index (χ1n) is 10.4. The van der Waals surface area contributed by atoms with Crippen molar-refractivity contribution in [2.75, 3.05) is 0 Å². The summed E-state index contributed by atoms with van der Waals surface area (Å²) in [7, 11) is 0. The summed E-state index contributed by atoms with van der Waals surface area (Å²) in [5, 5.41) is 21.9. The van der Waals surface area contributed by atoms with Crippen LogP contribution in [0.3, 0.4) is 0 Å². The SMILES string of the molecule is O=C(NC12CC(c3nnc(C4CC(OC(F)(F)F)C4)o3)(C1)C2)[C@H](O)Cc1ccc(Cl)cc1. The summed E-state index contributed by atoms with van der Waals surface area (Å²) in [6, 6.07) is 6.94. The first kappa shape index (κ1) is 21.7. The van der Waals surface area contributed by atoms with E-state index in [-0.39, 0.29) is 36.1 Å². The molecule has 0 spiro atoms. The van der Waals surface area contributed by atoms with E-state index in [2.05, 4.69) is 20.3 Å². The van der Waals surface area contributed by atoms with E-state index in [9.17, 15) is 23.1 Å². The maximum Gasteiger partial charge on any atom is 0.522 e. The number of hydrogen-bond donors (Lipinski definition) is 2. The highest BCUT2D eigenvalue weighted by molar-refractivity contribution is 6.30. The van der Waals surface area contributed by atoms with Gasteiger partial charge in [-0.3, -0.25) is 9.53 Å². The molecular formula is C21H21ClF3N3O4. The van der Waals surface area contributed by atoms with Gasteiger partial charge in [-0.05, 0) is 49.8 Å². The molecule has 0 aliphatic heterocycles. The van der Waals surface area contributed by atoms with Crippen molar-refractivity contribution in [3.63, 3.8) is 0 Å². The minimum atomic E-state index is -4.64. The summed E-state index contributed by atoms with van der Waals surface area (Å²) in [6.07, 6.45) is -4.20. The van der Waals surface area contributed by atoms with Crippen molar-refractivity contribution in [2.45, 2.75) is 74.0 Å². The molecular weight excluding hydrogens is 451 g/mol. The van der Waals surface area contributed by atoms with Gasteiger partial charge in [0.2, 0.25) is 17.7 Å². The molecule has 32 heavy (non-hydrogen) atoms. The van der Waals surface area contributed by atoms with Crippen LogP contribution in [0.25, 0.3) is 0 Å². The standard InChI is InChI=1S/C21H21ClF3N3O4/c22-13-3-1-11(2-4-13)5-15(29)16(30)26-20-8-19(9-20,10-20)18-28-27-17(31-18)12-6-14(7-12)32-21(23,24)25/h1-4,12,14-15,29H,5-10H2,(H,26,30)/t12?,14?,15-,19?,20?/m1/s1. The zero-order chi connectivity index (χ0) is 22.7. The first-order valence-corrected chi connectivity index (χ1v) is 10.8. The van der Waals surface area contributed by atoms with Gasteiger partial charge < -0.3 is 14.8 Å². The summed E-state index contributed by atoms with van der Waals surface area (Å²) in [6.45, 7) is 0. The molecule has 2 N–H and O–H groups in total. The Kier molecular flexibility index (Phi) is 5.03. The third-order valence-corrected chi connectivity index (χ3v) is 6.95. The molecule has 1 aromatic carbocycles. The molecule has 1 aromatic heterocycles. The van der Waals surface area contributed by atoms with Gasteiger partial charge in [0.1, 0.15) is 6.10 Å². The Balaban J connectivity index is 1.11. The fourth-order valence-electron chi connectivity index (χ4n) is 5.09. The fraction of sp³-hybridized carbons (Fsp3) is 0.571. The molecule has 1 atom stereocenters. The van der Waals surface area contributed by atoms with Crippen molar-refractivity contribution >= 4 is 17.5 Å². The van der Waals surface area contributed by atoms with Crippen LogP contribution in [0.2, 0.25) is 5.02 Å². The molecule has 172 valence electrons. The Hall–Kier alpha value is -2.17. The number of carbonyl (C=O) groups is 1. The Morgan fingerprint density at radius 3 is 2.53 bits per heavy atom. The van der Waals surface area contributed by atoms with Gasteiger partial charge in [-0.15, -0.1) is 23.4 Å². The van der Waals surface area contributed by atoms with Crippen molar-refractivity contribution in [3.8, 4) is 0 Å². The normalized spacial score (nSPS) is 31.8. The Labute approximate surface area is 186 Å². The minimum Gasteiger partial charge on any atom is -0.424 e. The van der Waals surface area contributed by atoms with E-state index in [0.29, 0.717) is 36.1 Å². The molecule has 4 aliphatic carbocycles. The van der Waals surface area contributed by atoms with Gasteiger partial charge in [-0.2, -0.15) is 0 Å². The molecule has 1 heterocycles. The van der Waals surface area contributed by atoms with E-state index in [0.717, 1.165) is 5.56 Å². The summed E-state index contributed by atoms with van der Waals surface area (Å²) in [5.41, 5.74) is 0.128. The lowest BCUT2D eigenvalue weighted by molar-refractivity contribution is -0.352. The lowest BCUT2D eigenvalue weighted by Gasteiger charge is -2.68. The van der Waals surface area contributed by atoms with E-state index in [4.69, 9.17) is 16.0 Å². The number of hydrogen-bond acceptors (Lipinski definition) is 6. The van der Waals surface area contributed by atoms with Gasteiger partial charge in [-0.25, -0.2) is 0 Å². The highest BCUT2D eigenvalue weighted by Crippen LogP contribution is 2.67. The second-order valence-corrected chi connectivity index (χ2v) is 9.66. The van der Waals surface area contributed by atoms with Crippen LogP contribution in [-0.2, 0) is 21.4 Å². The molecule has 2 aromatic rings.